The third-order valence-corrected chi connectivity index (χ3v) is 4.84. The Labute approximate surface area is 123 Å². The Morgan fingerprint density at radius 3 is 2.80 bits per heavy atom. The van der Waals surface area contributed by atoms with Gasteiger partial charge in [-0.25, -0.2) is 9.78 Å². The van der Waals surface area contributed by atoms with Gasteiger partial charge in [0.1, 0.15) is 5.01 Å². The number of aryl methyl sites for hydroxylation is 1. The number of nitrogens with zero attached hydrogens (tertiary/aromatic N) is 1. The zero-order valence-corrected chi connectivity index (χ0v) is 12.9. The number of aromatic nitrogens is 1. The van der Waals surface area contributed by atoms with Gasteiger partial charge in [-0.2, -0.15) is 0 Å². The lowest BCUT2D eigenvalue weighted by Crippen LogP contribution is -2.45. The van der Waals surface area contributed by atoms with Crippen molar-refractivity contribution in [3.05, 3.63) is 16.1 Å². The maximum atomic E-state index is 11.9. The number of urea groups is 1. The molecule has 1 saturated carbocycles. The minimum atomic E-state index is -0.711. The van der Waals surface area contributed by atoms with Gasteiger partial charge in [-0.1, -0.05) is 19.8 Å². The number of nitrogens with one attached hydrogen (secondary N) is 2. The molecule has 2 amide bonds. The summed E-state index contributed by atoms with van der Waals surface area (Å²) in [5.41, 5.74) is 0.266. The topological polar surface area (TPSA) is 74.2 Å². The molecule has 0 bridgehead atoms. The second-order valence-electron chi connectivity index (χ2n) is 5.55. The lowest BCUT2D eigenvalue weighted by Gasteiger charge is -2.23. The molecule has 1 aromatic heterocycles. The smallest absolute Gasteiger partial charge is 0.315 e. The van der Waals surface area contributed by atoms with Crippen LogP contribution >= 0.6 is 11.3 Å². The minimum absolute atomic E-state index is 0.0630. The van der Waals surface area contributed by atoms with Gasteiger partial charge in [0.2, 0.25) is 0 Å². The zero-order chi connectivity index (χ0) is 14.6. The van der Waals surface area contributed by atoms with Crippen LogP contribution in [0.2, 0.25) is 0 Å². The van der Waals surface area contributed by atoms with Crippen molar-refractivity contribution in [2.24, 2.45) is 0 Å². The summed E-state index contributed by atoms with van der Waals surface area (Å²) in [6.07, 6.45) is 4.42. The van der Waals surface area contributed by atoms with Gasteiger partial charge in [0.05, 0.1) is 11.6 Å². The molecule has 112 valence electrons. The van der Waals surface area contributed by atoms with Crippen LogP contribution in [0.4, 0.5) is 4.79 Å². The Bertz CT molecular complexity index is 455. The van der Waals surface area contributed by atoms with E-state index in [1.54, 1.807) is 11.3 Å². The number of carbonyl (C=O) groups excluding carboxylic acids is 1. The molecule has 0 aromatic carbocycles. The average molecular weight is 297 g/mol. The molecule has 3 N–H and O–H groups in total. The van der Waals surface area contributed by atoms with Crippen LogP contribution in [0.5, 0.6) is 0 Å². The first-order valence-electron chi connectivity index (χ1n) is 7.21. The van der Waals surface area contributed by atoms with Crippen molar-refractivity contribution in [3.8, 4) is 0 Å². The lowest BCUT2D eigenvalue weighted by atomic mass is 10.0. The van der Waals surface area contributed by atoms with Crippen molar-refractivity contribution in [1.82, 2.24) is 15.6 Å². The van der Waals surface area contributed by atoms with Crippen LogP contribution in [0.1, 0.15) is 55.8 Å². The van der Waals surface area contributed by atoms with Gasteiger partial charge in [0, 0.05) is 17.6 Å². The van der Waals surface area contributed by atoms with Crippen molar-refractivity contribution < 1.29 is 9.90 Å². The van der Waals surface area contributed by atoms with Crippen LogP contribution < -0.4 is 10.6 Å². The summed E-state index contributed by atoms with van der Waals surface area (Å²) in [4.78, 5) is 16.3. The number of aliphatic hydroxyl groups is 1. The molecule has 1 heterocycles. The standard InChI is InChI=1S/C14H23N3O2S/c1-3-11(12-16-10(2)8-20-12)17-13(18)15-9-14(19)6-4-5-7-14/h8,11,19H,3-7,9H2,1-2H3,(H2,15,17,18). The first-order chi connectivity index (χ1) is 9.52. The quantitative estimate of drug-likeness (QED) is 0.781. The van der Waals surface area contributed by atoms with E-state index < -0.39 is 5.60 Å². The summed E-state index contributed by atoms with van der Waals surface area (Å²) in [6, 6.07) is -0.294. The predicted octanol–water partition coefficient (Wildman–Crippen LogP) is 2.51. The van der Waals surface area contributed by atoms with E-state index in [0.29, 0.717) is 6.54 Å². The maximum absolute atomic E-state index is 11.9. The van der Waals surface area contributed by atoms with Crippen molar-refractivity contribution >= 4 is 17.4 Å². The maximum Gasteiger partial charge on any atom is 0.315 e. The van der Waals surface area contributed by atoms with Gasteiger partial charge in [-0.3, -0.25) is 0 Å². The van der Waals surface area contributed by atoms with E-state index in [2.05, 4.69) is 15.6 Å². The number of hydrogen-bond acceptors (Lipinski definition) is 4. The van der Waals surface area contributed by atoms with Gasteiger partial charge in [-0.05, 0) is 26.2 Å². The van der Waals surface area contributed by atoms with Crippen LogP contribution in [0.3, 0.4) is 0 Å². The van der Waals surface area contributed by atoms with Gasteiger partial charge in [-0.15, -0.1) is 11.3 Å². The number of rotatable bonds is 5. The molecule has 6 heteroatoms. The van der Waals surface area contributed by atoms with E-state index in [-0.39, 0.29) is 12.1 Å². The Balaban J connectivity index is 1.83. The van der Waals surface area contributed by atoms with Crippen molar-refractivity contribution in [3.63, 3.8) is 0 Å². The third-order valence-electron chi connectivity index (χ3n) is 3.76. The summed E-state index contributed by atoms with van der Waals surface area (Å²) in [5, 5.41) is 18.8. The fraction of sp³-hybridized carbons (Fsp3) is 0.714. The van der Waals surface area contributed by atoms with Crippen LogP contribution in [0, 0.1) is 6.92 Å². The molecule has 0 aliphatic heterocycles. The van der Waals surface area contributed by atoms with Gasteiger partial charge in [0.15, 0.2) is 0 Å². The molecule has 1 fully saturated rings. The highest BCUT2D eigenvalue weighted by molar-refractivity contribution is 7.09. The number of hydrogen-bond donors (Lipinski definition) is 3. The fourth-order valence-corrected chi connectivity index (χ4v) is 3.47. The SMILES string of the molecule is CCC(NC(=O)NCC1(O)CCCC1)c1nc(C)cs1. The molecule has 1 aliphatic carbocycles. The molecular formula is C14H23N3O2S. The lowest BCUT2D eigenvalue weighted by molar-refractivity contribution is 0.0500. The van der Waals surface area contributed by atoms with Crippen LogP contribution in [-0.2, 0) is 0 Å². The molecule has 1 aliphatic rings. The van der Waals surface area contributed by atoms with E-state index in [1.165, 1.54) is 0 Å². The van der Waals surface area contributed by atoms with E-state index in [0.717, 1.165) is 42.8 Å². The van der Waals surface area contributed by atoms with Crippen LogP contribution in [-0.4, -0.2) is 28.3 Å². The number of thiazole rings is 1. The minimum Gasteiger partial charge on any atom is -0.388 e. The molecule has 0 radical (unpaired) electrons. The summed E-state index contributed by atoms with van der Waals surface area (Å²) < 4.78 is 0. The molecular weight excluding hydrogens is 274 g/mol. The van der Waals surface area contributed by atoms with Crippen molar-refractivity contribution in [1.29, 1.82) is 0 Å². The molecule has 20 heavy (non-hydrogen) atoms. The summed E-state index contributed by atoms with van der Waals surface area (Å²) in [6.45, 7) is 4.29. The predicted molar refractivity (Wildman–Crippen MR) is 79.8 cm³/mol. The molecule has 0 spiro atoms. The Morgan fingerprint density at radius 2 is 2.25 bits per heavy atom. The highest BCUT2D eigenvalue weighted by Crippen LogP contribution is 2.28. The monoisotopic (exact) mass is 297 g/mol. The Hall–Kier alpha value is -1.14. The number of amides is 2. The zero-order valence-electron chi connectivity index (χ0n) is 12.1. The highest BCUT2D eigenvalue weighted by atomic mass is 32.1. The van der Waals surface area contributed by atoms with E-state index in [1.807, 2.05) is 19.2 Å². The Morgan fingerprint density at radius 1 is 1.55 bits per heavy atom. The molecule has 1 atom stereocenters. The van der Waals surface area contributed by atoms with Crippen molar-refractivity contribution in [2.75, 3.05) is 6.54 Å². The van der Waals surface area contributed by atoms with Crippen LogP contribution in [0.15, 0.2) is 5.38 Å². The highest BCUT2D eigenvalue weighted by Gasteiger charge is 2.31. The van der Waals surface area contributed by atoms with E-state index >= 15 is 0 Å². The molecule has 1 unspecified atom stereocenters. The second kappa shape index (κ2) is 6.54. The van der Waals surface area contributed by atoms with Gasteiger partial charge < -0.3 is 15.7 Å². The van der Waals surface area contributed by atoms with Crippen molar-refractivity contribution in [2.45, 2.75) is 57.6 Å². The Kier molecular flexibility index (Phi) is 4.99. The molecule has 2 rings (SSSR count). The van der Waals surface area contributed by atoms with Gasteiger partial charge >= 0.3 is 6.03 Å². The number of carbonyl (C=O) groups is 1. The van der Waals surface area contributed by atoms with Crippen LogP contribution in [0.25, 0.3) is 0 Å². The van der Waals surface area contributed by atoms with E-state index in [4.69, 9.17) is 0 Å². The second-order valence-corrected chi connectivity index (χ2v) is 6.44. The molecule has 1 aromatic rings. The molecule has 5 nitrogen and oxygen atoms in total. The normalized spacial score (nSPS) is 18.8. The summed E-state index contributed by atoms with van der Waals surface area (Å²) >= 11 is 1.56. The first kappa shape index (κ1) is 15.3. The van der Waals surface area contributed by atoms with E-state index in [9.17, 15) is 9.90 Å². The fourth-order valence-electron chi connectivity index (χ4n) is 2.53. The average Bonchev–Trinajstić information content (AvgIpc) is 3.03. The molecule has 0 saturated heterocycles. The largest absolute Gasteiger partial charge is 0.388 e. The third kappa shape index (κ3) is 3.93. The summed E-state index contributed by atoms with van der Waals surface area (Å²) in [5.74, 6) is 0. The van der Waals surface area contributed by atoms with Gasteiger partial charge in [0.25, 0.3) is 0 Å². The first-order valence-corrected chi connectivity index (χ1v) is 8.09. The summed E-state index contributed by atoms with van der Waals surface area (Å²) in [7, 11) is 0.